The zero-order chi connectivity index (χ0) is 17.3. The minimum atomic E-state index is 0.556. The third-order valence-corrected chi connectivity index (χ3v) is 3.95. The molecule has 3 aromatic carbocycles. The van der Waals surface area contributed by atoms with Crippen LogP contribution in [0.3, 0.4) is 0 Å². The van der Waals surface area contributed by atoms with E-state index in [0.29, 0.717) is 13.2 Å². The number of hydrogen-bond donors (Lipinski definition) is 1. The van der Waals surface area contributed by atoms with Crippen molar-refractivity contribution in [2.75, 3.05) is 25.6 Å². The Hall–Kier alpha value is -2.78. The molecule has 0 saturated heterocycles. The lowest BCUT2D eigenvalue weighted by Gasteiger charge is -2.10. The quantitative estimate of drug-likeness (QED) is 0.589. The molecule has 0 aliphatic rings. The molecule has 25 heavy (non-hydrogen) atoms. The second-order valence-electron chi connectivity index (χ2n) is 5.79. The maximum absolute atomic E-state index is 5.64. The maximum atomic E-state index is 5.64. The van der Waals surface area contributed by atoms with Crippen molar-refractivity contribution in [2.24, 2.45) is 0 Å². The van der Waals surface area contributed by atoms with Gasteiger partial charge < -0.3 is 14.8 Å². The normalized spacial score (nSPS) is 10.4. The Kier molecular flexibility index (Phi) is 6.07. The summed E-state index contributed by atoms with van der Waals surface area (Å²) in [7, 11) is 1.67. The van der Waals surface area contributed by atoms with Gasteiger partial charge in [0.1, 0.15) is 12.4 Å². The highest BCUT2D eigenvalue weighted by Crippen LogP contribution is 2.21. The van der Waals surface area contributed by atoms with Crippen molar-refractivity contribution in [2.45, 2.75) is 6.54 Å². The molecule has 0 unspecified atom stereocenters. The van der Waals surface area contributed by atoms with E-state index >= 15 is 0 Å². The molecule has 3 rings (SSSR count). The number of methoxy groups -OCH3 is 1. The fraction of sp³-hybridized carbons (Fsp3) is 0.182. The molecular weight excluding hydrogens is 310 g/mol. The van der Waals surface area contributed by atoms with E-state index in [-0.39, 0.29) is 0 Å². The minimum absolute atomic E-state index is 0.556. The van der Waals surface area contributed by atoms with Gasteiger partial charge in [-0.3, -0.25) is 0 Å². The van der Waals surface area contributed by atoms with E-state index in [1.54, 1.807) is 7.11 Å². The van der Waals surface area contributed by atoms with E-state index < -0.39 is 0 Å². The summed E-state index contributed by atoms with van der Waals surface area (Å²) >= 11 is 0. The lowest BCUT2D eigenvalue weighted by molar-refractivity contribution is 0.146. The summed E-state index contributed by atoms with van der Waals surface area (Å²) in [5.74, 6) is 0.849. The van der Waals surface area contributed by atoms with Crippen molar-refractivity contribution in [3.05, 3.63) is 84.4 Å². The van der Waals surface area contributed by atoms with Crippen molar-refractivity contribution in [3.63, 3.8) is 0 Å². The molecule has 0 bridgehead atoms. The van der Waals surface area contributed by atoms with Crippen LogP contribution >= 0.6 is 0 Å². The summed E-state index contributed by atoms with van der Waals surface area (Å²) in [6, 6.07) is 27.1. The minimum Gasteiger partial charge on any atom is -0.491 e. The van der Waals surface area contributed by atoms with Crippen LogP contribution in [0.15, 0.2) is 78.9 Å². The van der Waals surface area contributed by atoms with E-state index in [2.05, 4.69) is 53.8 Å². The zero-order valence-electron chi connectivity index (χ0n) is 14.4. The Bertz CT molecular complexity index is 770. The molecule has 0 radical (unpaired) electrons. The van der Waals surface area contributed by atoms with E-state index in [0.717, 1.165) is 18.0 Å². The van der Waals surface area contributed by atoms with Crippen molar-refractivity contribution in [3.8, 4) is 16.9 Å². The lowest BCUT2D eigenvalue weighted by atomic mass is 10.0. The van der Waals surface area contributed by atoms with Crippen LogP contribution in [0.4, 0.5) is 5.69 Å². The van der Waals surface area contributed by atoms with E-state index in [1.165, 1.54) is 16.7 Å². The third kappa shape index (κ3) is 5.10. The number of rotatable bonds is 8. The first kappa shape index (κ1) is 17.1. The fourth-order valence-electron chi connectivity index (χ4n) is 2.59. The van der Waals surface area contributed by atoms with Gasteiger partial charge in [-0.25, -0.2) is 0 Å². The summed E-state index contributed by atoms with van der Waals surface area (Å²) in [5, 5.41) is 3.44. The number of benzene rings is 3. The molecule has 0 atom stereocenters. The van der Waals surface area contributed by atoms with Crippen LogP contribution in [0.5, 0.6) is 5.75 Å². The predicted molar refractivity (Wildman–Crippen MR) is 103 cm³/mol. The Morgan fingerprint density at radius 2 is 1.52 bits per heavy atom. The number of ether oxygens (including phenoxy) is 2. The molecule has 128 valence electrons. The van der Waals surface area contributed by atoms with Gasteiger partial charge in [-0.1, -0.05) is 60.7 Å². The molecule has 0 saturated carbocycles. The average Bonchev–Trinajstić information content (AvgIpc) is 2.68. The van der Waals surface area contributed by atoms with Crippen LogP contribution in [0.1, 0.15) is 5.56 Å². The van der Waals surface area contributed by atoms with Crippen molar-refractivity contribution in [1.82, 2.24) is 0 Å². The van der Waals surface area contributed by atoms with E-state index in [1.807, 2.05) is 30.3 Å². The Morgan fingerprint density at radius 1 is 0.760 bits per heavy atom. The molecule has 0 aliphatic carbocycles. The van der Waals surface area contributed by atoms with Gasteiger partial charge in [0.15, 0.2) is 0 Å². The molecule has 1 N–H and O–H groups in total. The summed E-state index contributed by atoms with van der Waals surface area (Å²) in [5.41, 5.74) is 4.76. The molecule has 3 aromatic rings. The molecule has 0 aromatic heterocycles. The highest BCUT2D eigenvalue weighted by atomic mass is 16.5. The Morgan fingerprint density at radius 3 is 2.28 bits per heavy atom. The summed E-state index contributed by atoms with van der Waals surface area (Å²) in [6.07, 6.45) is 0. The van der Waals surface area contributed by atoms with Crippen LogP contribution in [0.25, 0.3) is 11.1 Å². The van der Waals surface area contributed by atoms with Gasteiger partial charge in [0.05, 0.1) is 6.61 Å². The highest BCUT2D eigenvalue weighted by molar-refractivity contribution is 5.63. The van der Waals surface area contributed by atoms with Gasteiger partial charge in [-0.2, -0.15) is 0 Å². The van der Waals surface area contributed by atoms with Crippen molar-refractivity contribution >= 4 is 5.69 Å². The second-order valence-corrected chi connectivity index (χ2v) is 5.79. The monoisotopic (exact) mass is 333 g/mol. The number of hydrogen-bond acceptors (Lipinski definition) is 3. The molecule has 0 aliphatic heterocycles. The largest absolute Gasteiger partial charge is 0.491 e. The first-order valence-electron chi connectivity index (χ1n) is 8.45. The molecule has 0 heterocycles. The molecule has 3 nitrogen and oxygen atoms in total. The third-order valence-electron chi connectivity index (χ3n) is 3.95. The topological polar surface area (TPSA) is 30.5 Å². The average molecular weight is 333 g/mol. The first-order chi connectivity index (χ1) is 12.3. The van der Waals surface area contributed by atoms with Gasteiger partial charge in [-0.15, -0.1) is 0 Å². The summed E-state index contributed by atoms with van der Waals surface area (Å²) < 4.78 is 10.6. The summed E-state index contributed by atoms with van der Waals surface area (Å²) in [4.78, 5) is 0. The standard InChI is InChI=1S/C22H23NO2/c1-24-14-15-25-22-9-5-8-21(16-22)23-17-18-10-12-20(13-11-18)19-6-3-2-4-7-19/h2-13,16,23H,14-15,17H2,1H3. The number of nitrogens with one attached hydrogen (secondary N) is 1. The lowest BCUT2D eigenvalue weighted by Crippen LogP contribution is -2.05. The molecular formula is C22H23NO2. The molecule has 3 heteroatoms. The van der Waals surface area contributed by atoms with Crippen molar-refractivity contribution in [1.29, 1.82) is 0 Å². The molecule has 0 amide bonds. The Balaban J connectivity index is 1.57. The van der Waals surface area contributed by atoms with Gasteiger partial charge in [0.2, 0.25) is 0 Å². The second kappa shape index (κ2) is 8.90. The summed E-state index contributed by atoms with van der Waals surface area (Å²) in [6.45, 7) is 1.92. The zero-order valence-corrected chi connectivity index (χ0v) is 14.4. The van der Waals surface area contributed by atoms with Crippen LogP contribution in [-0.4, -0.2) is 20.3 Å². The van der Waals surface area contributed by atoms with Crippen LogP contribution < -0.4 is 10.1 Å². The van der Waals surface area contributed by atoms with Gasteiger partial charge in [-0.05, 0) is 28.8 Å². The maximum Gasteiger partial charge on any atom is 0.121 e. The molecule has 0 fully saturated rings. The van der Waals surface area contributed by atoms with Crippen LogP contribution in [0.2, 0.25) is 0 Å². The highest BCUT2D eigenvalue weighted by Gasteiger charge is 2.00. The molecule has 0 spiro atoms. The fourth-order valence-corrected chi connectivity index (χ4v) is 2.59. The Labute approximate surface area is 149 Å². The van der Waals surface area contributed by atoms with Crippen LogP contribution in [-0.2, 0) is 11.3 Å². The first-order valence-corrected chi connectivity index (χ1v) is 8.45. The van der Waals surface area contributed by atoms with E-state index in [9.17, 15) is 0 Å². The van der Waals surface area contributed by atoms with Crippen LogP contribution in [0, 0.1) is 0 Å². The van der Waals surface area contributed by atoms with Crippen molar-refractivity contribution < 1.29 is 9.47 Å². The SMILES string of the molecule is COCCOc1cccc(NCc2ccc(-c3ccccc3)cc2)c1. The van der Waals surface area contributed by atoms with Gasteiger partial charge in [0, 0.05) is 25.4 Å². The number of anilines is 1. The van der Waals surface area contributed by atoms with Gasteiger partial charge >= 0.3 is 0 Å². The van der Waals surface area contributed by atoms with E-state index in [4.69, 9.17) is 9.47 Å². The predicted octanol–water partition coefficient (Wildman–Crippen LogP) is 4.99. The van der Waals surface area contributed by atoms with Gasteiger partial charge in [0.25, 0.3) is 0 Å². The smallest absolute Gasteiger partial charge is 0.121 e.